The first-order valence-electron chi connectivity index (χ1n) is 8.68. The summed E-state index contributed by atoms with van der Waals surface area (Å²) in [6, 6.07) is 12.0. The first kappa shape index (κ1) is 19.8. The molecule has 8 nitrogen and oxygen atoms in total. The van der Waals surface area contributed by atoms with E-state index in [0.717, 1.165) is 6.26 Å². The van der Waals surface area contributed by atoms with Crippen LogP contribution < -0.4 is 23.8 Å². The second-order valence-corrected chi connectivity index (χ2v) is 8.16. The second-order valence-electron chi connectivity index (χ2n) is 6.26. The van der Waals surface area contributed by atoms with Crippen LogP contribution in [0.3, 0.4) is 0 Å². The molecule has 1 aliphatic rings. The molecule has 0 saturated heterocycles. The van der Waals surface area contributed by atoms with Crippen LogP contribution >= 0.6 is 0 Å². The van der Waals surface area contributed by atoms with Gasteiger partial charge in [-0.3, -0.25) is 9.10 Å². The van der Waals surface area contributed by atoms with Gasteiger partial charge < -0.3 is 19.5 Å². The van der Waals surface area contributed by atoms with E-state index in [1.54, 1.807) is 49.6 Å². The summed E-state index contributed by atoms with van der Waals surface area (Å²) in [6.07, 6.45) is 1.67. The molecule has 2 aromatic carbocycles. The quantitative estimate of drug-likeness (QED) is 0.724. The van der Waals surface area contributed by atoms with E-state index < -0.39 is 10.0 Å². The lowest BCUT2D eigenvalue weighted by molar-refractivity contribution is -0.116. The normalized spacial score (nSPS) is 12.5. The number of hydrogen-bond acceptors (Lipinski definition) is 6. The number of fused-ring (bicyclic) bond motifs is 1. The lowest BCUT2D eigenvalue weighted by Crippen LogP contribution is -2.31. The lowest BCUT2D eigenvalue weighted by Gasteiger charge is -2.22. The van der Waals surface area contributed by atoms with E-state index in [9.17, 15) is 13.2 Å². The van der Waals surface area contributed by atoms with Crippen LogP contribution in [0.5, 0.6) is 17.2 Å². The number of ether oxygens (including phenoxy) is 3. The number of nitrogens with zero attached hydrogens (tertiary/aromatic N) is 1. The summed E-state index contributed by atoms with van der Waals surface area (Å²) in [6.45, 7) is 0.284. The third kappa shape index (κ3) is 4.86. The molecule has 1 heterocycles. The van der Waals surface area contributed by atoms with Crippen molar-refractivity contribution in [3.63, 3.8) is 0 Å². The Morgan fingerprint density at radius 2 is 1.96 bits per heavy atom. The number of amides is 1. The van der Waals surface area contributed by atoms with Crippen LogP contribution in [0.2, 0.25) is 0 Å². The molecule has 1 N–H and O–H groups in total. The highest BCUT2D eigenvalue weighted by atomic mass is 32.2. The molecule has 28 heavy (non-hydrogen) atoms. The van der Waals surface area contributed by atoms with Gasteiger partial charge >= 0.3 is 0 Å². The molecule has 0 aliphatic carbocycles. The van der Waals surface area contributed by atoms with Gasteiger partial charge in [-0.25, -0.2) is 8.42 Å². The van der Waals surface area contributed by atoms with E-state index in [1.165, 1.54) is 4.31 Å². The minimum Gasteiger partial charge on any atom is -0.497 e. The molecule has 0 spiro atoms. The standard InChI is InChI=1S/C19H22N2O6S/c1-25-16-6-3-5-14(11-16)20-19(22)7-4-10-21(28(2,23)24)15-8-9-17-18(12-15)27-13-26-17/h3,5-6,8-9,11-12H,4,7,10,13H2,1-2H3,(H,20,22). The molecule has 0 atom stereocenters. The van der Waals surface area contributed by atoms with Crippen LogP contribution in [0, 0.1) is 0 Å². The number of carbonyl (C=O) groups excluding carboxylic acids is 1. The van der Waals surface area contributed by atoms with Gasteiger partial charge in [0.2, 0.25) is 22.7 Å². The van der Waals surface area contributed by atoms with Crippen LogP contribution in [-0.4, -0.2) is 41.0 Å². The Balaban J connectivity index is 1.60. The molecule has 0 bridgehead atoms. The van der Waals surface area contributed by atoms with Crippen molar-refractivity contribution in [3.05, 3.63) is 42.5 Å². The van der Waals surface area contributed by atoms with Crippen LogP contribution in [0.15, 0.2) is 42.5 Å². The van der Waals surface area contributed by atoms with Crippen LogP contribution in [0.25, 0.3) is 0 Å². The van der Waals surface area contributed by atoms with Gasteiger partial charge in [0.1, 0.15) is 5.75 Å². The molecule has 0 unspecified atom stereocenters. The number of rotatable bonds is 8. The Labute approximate surface area is 164 Å². The van der Waals surface area contributed by atoms with Gasteiger partial charge in [0.25, 0.3) is 0 Å². The monoisotopic (exact) mass is 406 g/mol. The number of nitrogens with one attached hydrogen (secondary N) is 1. The molecule has 0 saturated carbocycles. The fraction of sp³-hybridized carbons (Fsp3) is 0.316. The van der Waals surface area contributed by atoms with Crippen molar-refractivity contribution >= 4 is 27.3 Å². The van der Waals surface area contributed by atoms with E-state index in [4.69, 9.17) is 14.2 Å². The van der Waals surface area contributed by atoms with E-state index in [-0.39, 0.29) is 25.7 Å². The van der Waals surface area contributed by atoms with Crippen LogP contribution in [0.1, 0.15) is 12.8 Å². The average Bonchev–Trinajstić information content (AvgIpc) is 3.12. The van der Waals surface area contributed by atoms with Crippen molar-refractivity contribution in [1.29, 1.82) is 0 Å². The highest BCUT2D eigenvalue weighted by Gasteiger charge is 2.21. The van der Waals surface area contributed by atoms with Gasteiger partial charge in [-0.15, -0.1) is 0 Å². The molecule has 3 rings (SSSR count). The summed E-state index contributed by atoms with van der Waals surface area (Å²) in [7, 11) is -1.96. The molecule has 150 valence electrons. The summed E-state index contributed by atoms with van der Waals surface area (Å²) in [5.74, 6) is 1.52. The Morgan fingerprint density at radius 3 is 2.71 bits per heavy atom. The lowest BCUT2D eigenvalue weighted by atomic mass is 10.2. The molecule has 0 aromatic heterocycles. The zero-order chi connectivity index (χ0) is 20.1. The predicted molar refractivity (Wildman–Crippen MR) is 106 cm³/mol. The van der Waals surface area contributed by atoms with Crippen LogP contribution in [0.4, 0.5) is 11.4 Å². The predicted octanol–water partition coefficient (Wildman–Crippen LogP) is 2.61. The zero-order valence-corrected chi connectivity index (χ0v) is 16.5. The maximum absolute atomic E-state index is 12.2. The van der Waals surface area contributed by atoms with Gasteiger partial charge in [0.05, 0.1) is 19.1 Å². The van der Waals surface area contributed by atoms with E-state index in [2.05, 4.69) is 5.32 Å². The molecule has 1 aliphatic heterocycles. The molecular weight excluding hydrogens is 384 g/mol. The van der Waals surface area contributed by atoms with Gasteiger partial charge in [0, 0.05) is 30.8 Å². The van der Waals surface area contributed by atoms with Crippen molar-refractivity contribution in [2.75, 3.05) is 36.3 Å². The van der Waals surface area contributed by atoms with Gasteiger partial charge in [0.15, 0.2) is 11.5 Å². The van der Waals surface area contributed by atoms with Gasteiger partial charge in [-0.2, -0.15) is 0 Å². The Bertz CT molecular complexity index is 961. The maximum Gasteiger partial charge on any atom is 0.232 e. The van der Waals surface area contributed by atoms with Crippen molar-refractivity contribution in [2.45, 2.75) is 12.8 Å². The fourth-order valence-corrected chi connectivity index (χ4v) is 3.79. The van der Waals surface area contributed by atoms with Crippen LogP contribution in [-0.2, 0) is 14.8 Å². The highest BCUT2D eigenvalue weighted by molar-refractivity contribution is 7.92. The smallest absolute Gasteiger partial charge is 0.232 e. The largest absolute Gasteiger partial charge is 0.497 e. The Hall–Kier alpha value is -2.94. The highest BCUT2D eigenvalue weighted by Crippen LogP contribution is 2.36. The van der Waals surface area contributed by atoms with Crippen molar-refractivity contribution in [1.82, 2.24) is 0 Å². The molecule has 9 heteroatoms. The summed E-state index contributed by atoms with van der Waals surface area (Å²) >= 11 is 0. The Morgan fingerprint density at radius 1 is 1.18 bits per heavy atom. The Kier molecular flexibility index (Phi) is 5.93. The van der Waals surface area contributed by atoms with Crippen molar-refractivity contribution < 1.29 is 27.4 Å². The number of anilines is 2. The zero-order valence-electron chi connectivity index (χ0n) is 15.7. The number of carbonyl (C=O) groups is 1. The molecule has 2 aromatic rings. The number of sulfonamides is 1. The van der Waals surface area contributed by atoms with E-state index >= 15 is 0 Å². The van der Waals surface area contributed by atoms with Gasteiger partial charge in [-0.05, 0) is 30.7 Å². The maximum atomic E-state index is 12.2. The van der Waals surface area contributed by atoms with Gasteiger partial charge in [-0.1, -0.05) is 6.07 Å². The van der Waals surface area contributed by atoms with E-state index in [1.807, 2.05) is 0 Å². The second kappa shape index (κ2) is 8.39. The SMILES string of the molecule is COc1cccc(NC(=O)CCCN(c2ccc3c(c2)OCO3)S(C)(=O)=O)c1. The molecular formula is C19H22N2O6S. The number of methoxy groups -OCH3 is 1. The minimum absolute atomic E-state index is 0.113. The summed E-state index contributed by atoms with van der Waals surface area (Å²) in [5.41, 5.74) is 1.10. The van der Waals surface area contributed by atoms with E-state index in [0.29, 0.717) is 35.0 Å². The first-order chi connectivity index (χ1) is 13.4. The average molecular weight is 406 g/mol. The summed E-state index contributed by atoms with van der Waals surface area (Å²) in [5, 5.41) is 2.78. The van der Waals surface area contributed by atoms with Crippen molar-refractivity contribution in [3.8, 4) is 17.2 Å². The summed E-state index contributed by atoms with van der Waals surface area (Å²) < 4.78 is 41.4. The number of benzene rings is 2. The number of hydrogen-bond donors (Lipinski definition) is 1. The summed E-state index contributed by atoms with van der Waals surface area (Å²) in [4.78, 5) is 12.2. The topological polar surface area (TPSA) is 94.2 Å². The third-order valence-corrected chi connectivity index (χ3v) is 5.36. The minimum atomic E-state index is -3.51. The molecule has 1 amide bonds. The van der Waals surface area contributed by atoms with Crippen molar-refractivity contribution in [2.24, 2.45) is 0 Å². The third-order valence-electron chi connectivity index (χ3n) is 4.16. The fourth-order valence-electron chi connectivity index (χ4n) is 2.83. The first-order valence-corrected chi connectivity index (χ1v) is 10.5. The molecule has 0 radical (unpaired) electrons. The molecule has 0 fully saturated rings.